The van der Waals surface area contributed by atoms with E-state index in [1.807, 2.05) is 6.92 Å². The quantitative estimate of drug-likeness (QED) is 0.881. The minimum absolute atomic E-state index is 0.0567. The lowest BCUT2D eigenvalue weighted by molar-refractivity contribution is 0.377. The van der Waals surface area contributed by atoms with E-state index in [1.165, 1.54) is 12.1 Å². The summed E-state index contributed by atoms with van der Waals surface area (Å²) < 4.78 is 17.9. The van der Waals surface area contributed by atoms with E-state index >= 15 is 0 Å². The number of halogens is 1. The fourth-order valence-corrected chi connectivity index (χ4v) is 1.60. The fourth-order valence-electron chi connectivity index (χ4n) is 1.60. The third-order valence-corrected chi connectivity index (χ3v) is 2.75. The summed E-state index contributed by atoms with van der Waals surface area (Å²) in [5.41, 5.74) is 6.76. The second kappa shape index (κ2) is 5.73. The zero-order valence-corrected chi connectivity index (χ0v) is 10.3. The summed E-state index contributed by atoms with van der Waals surface area (Å²) in [6, 6.07) is 6.30. The highest BCUT2D eigenvalue weighted by Crippen LogP contribution is 2.09. The minimum Gasteiger partial charge on any atom is -0.339 e. The molecule has 2 aromatic rings. The Hall–Kier alpha value is -1.75. The number of benzene rings is 1. The van der Waals surface area contributed by atoms with Crippen LogP contribution in [0.2, 0.25) is 0 Å². The molecule has 0 aliphatic heterocycles. The van der Waals surface area contributed by atoms with Gasteiger partial charge in [0.2, 0.25) is 5.89 Å². The number of hydrogen-bond donors (Lipinski definition) is 1. The van der Waals surface area contributed by atoms with Crippen LogP contribution >= 0.6 is 0 Å². The van der Waals surface area contributed by atoms with Gasteiger partial charge in [0, 0.05) is 12.5 Å². The van der Waals surface area contributed by atoms with Crippen LogP contribution in [0.3, 0.4) is 0 Å². The van der Waals surface area contributed by atoms with Gasteiger partial charge in [0.25, 0.3) is 0 Å². The van der Waals surface area contributed by atoms with Crippen molar-refractivity contribution in [1.29, 1.82) is 0 Å². The lowest BCUT2D eigenvalue weighted by atomic mass is 10.1. The molecule has 96 valence electrons. The Bertz CT molecular complexity index is 495. The predicted molar refractivity (Wildman–Crippen MR) is 65.5 cm³/mol. The topological polar surface area (TPSA) is 64.9 Å². The van der Waals surface area contributed by atoms with E-state index in [9.17, 15) is 4.39 Å². The number of aromatic nitrogens is 2. The molecule has 5 heteroatoms. The highest BCUT2D eigenvalue weighted by atomic mass is 19.1. The minimum atomic E-state index is -0.251. The van der Waals surface area contributed by atoms with Gasteiger partial charge in [0.15, 0.2) is 5.82 Å². The van der Waals surface area contributed by atoms with Crippen LogP contribution < -0.4 is 5.73 Å². The summed E-state index contributed by atoms with van der Waals surface area (Å²) in [6.07, 6.45) is 2.00. The smallest absolute Gasteiger partial charge is 0.231 e. The maximum Gasteiger partial charge on any atom is 0.231 e. The molecule has 0 aliphatic rings. The van der Waals surface area contributed by atoms with Crippen LogP contribution in [0.25, 0.3) is 0 Å². The third-order valence-electron chi connectivity index (χ3n) is 2.75. The van der Waals surface area contributed by atoms with E-state index in [1.54, 1.807) is 12.1 Å². The van der Waals surface area contributed by atoms with Gasteiger partial charge in [-0.15, -0.1) is 0 Å². The van der Waals surface area contributed by atoms with Crippen LogP contribution in [-0.4, -0.2) is 16.2 Å². The van der Waals surface area contributed by atoms with Crippen LogP contribution in [-0.2, 0) is 12.8 Å². The van der Waals surface area contributed by atoms with Gasteiger partial charge in [-0.1, -0.05) is 24.2 Å². The van der Waals surface area contributed by atoms with Crippen LogP contribution in [0.5, 0.6) is 0 Å². The second-order valence-electron chi connectivity index (χ2n) is 4.28. The molecule has 2 rings (SSSR count). The molecule has 1 aromatic heterocycles. The average Bonchev–Trinajstić information content (AvgIpc) is 2.79. The maximum absolute atomic E-state index is 12.7. The van der Waals surface area contributed by atoms with Gasteiger partial charge in [-0.05, 0) is 24.1 Å². The summed E-state index contributed by atoms with van der Waals surface area (Å²) >= 11 is 0. The van der Waals surface area contributed by atoms with Crippen LogP contribution in [0.15, 0.2) is 28.8 Å². The predicted octanol–water partition coefficient (Wildman–Crippen LogP) is 2.08. The summed E-state index contributed by atoms with van der Waals surface area (Å²) in [4.78, 5) is 4.26. The Kier molecular flexibility index (Phi) is 4.04. The van der Waals surface area contributed by atoms with Gasteiger partial charge in [-0.2, -0.15) is 4.98 Å². The van der Waals surface area contributed by atoms with Crippen molar-refractivity contribution in [2.45, 2.75) is 32.2 Å². The molecule has 1 heterocycles. The molecule has 1 aromatic carbocycles. The van der Waals surface area contributed by atoms with Gasteiger partial charge in [-0.3, -0.25) is 0 Å². The number of rotatable bonds is 5. The van der Waals surface area contributed by atoms with Gasteiger partial charge in [0.05, 0.1) is 6.42 Å². The van der Waals surface area contributed by atoms with Crippen molar-refractivity contribution in [2.24, 2.45) is 5.73 Å². The van der Waals surface area contributed by atoms with Gasteiger partial charge < -0.3 is 10.3 Å². The second-order valence-corrected chi connectivity index (χ2v) is 4.28. The zero-order chi connectivity index (χ0) is 13.0. The molecule has 0 radical (unpaired) electrons. The molecule has 0 amide bonds. The molecule has 0 fully saturated rings. The Morgan fingerprint density at radius 3 is 2.72 bits per heavy atom. The van der Waals surface area contributed by atoms with Gasteiger partial charge in [0.1, 0.15) is 5.82 Å². The van der Waals surface area contributed by atoms with Crippen molar-refractivity contribution in [3.8, 4) is 0 Å². The molecular weight excluding hydrogens is 233 g/mol. The first-order valence-corrected chi connectivity index (χ1v) is 5.99. The molecule has 1 atom stereocenters. The SMILES string of the molecule is CCC(N)Cc1noc(Cc2ccc(F)cc2)n1. The van der Waals surface area contributed by atoms with Crippen LogP contribution in [0.1, 0.15) is 30.6 Å². The third kappa shape index (κ3) is 3.37. The largest absolute Gasteiger partial charge is 0.339 e. The molecule has 1 unspecified atom stereocenters. The zero-order valence-electron chi connectivity index (χ0n) is 10.3. The molecule has 0 saturated carbocycles. The first-order chi connectivity index (χ1) is 8.67. The maximum atomic E-state index is 12.7. The lowest BCUT2D eigenvalue weighted by Crippen LogP contribution is -2.22. The number of nitrogens with two attached hydrogens (primary N) is 1. The van der Waals surface area contributed by atoms with E-state index in [2.05, 4.69) is 10.1 Å². The molecule has 0 spiro atoms. The number of hydrogen-bond acceptors (Lipinski definition) is 4. The summed E-state index contributed by atoms with van der Waals surface area (Å²) in [6.45, 7) is 2.02. The molecular formula is C13H16FN3O. The van der Waals surface area contributed by atoms with Crippen molar-refractivity contribution < 1.29 is 8.91 Å². The van der Waals surface area contributed by atoms with E-state index in [0.29, 0.717) is 24.6 Å². The summed E-state index contributed by atoms with van der Waals surface area (Å²) in [7, 11) is 0. The van der Waals surface area contributed by atoms with E-state index < -0.39 is 0 Å². The van der Waals surface area contributed by atoms with E-state index in [0.717, 1.165) is 12.0 Å². The highest BCUT2D eigenvalue weighted by Gasteiger charge is 2.10. The van der Waals surface area contributed by atoms with Crippen molar-refractivity contribution in [1.82, 2.24) is 10.1 Å². The summed E-state index contributed by atoms with van der Waals surface area (Å²) in [5.74, 6) is 0.903. The lowest BCUT2D eigenvalue weighted by Gasteiger charge is -2.02. The van der Waals surface area contributed by atoms with Crippen LogP contribution in [0, 0.1) is 5.82 Å². The first kappa shape index (κ1) is 12.7. The van der Waals surface area contributed by atoms with Crippen molar-refractivity contribution >= 4 is 0 Å². The first-order valence-electron chi connectivity index (χ1n) is 5.99. The molecule has 0 bridgehead atoms. The Morgan fingerprint density at radius 2 is 2.06 bits per heavy atom. The molecule has 18 heavy (non-hydrogen) atoms. The molecule has 4 nitrogen and oxygen atoms in total. The molecule has 0 saturated heterocycles. The average molecular weight is 249 g/mol. The highest BCUT2D eigenvalue weighted by molar-refractivity contribution is 5.19. The van der Waals surface area contributed by atoms with Gasteiger partial charge >= 0.3 is 0 Å². The standard InChI is InChI=1S/C13H16FN3O/c1-2-11(15)8-12-16-13(18-17-12)7-9-3-5-10(14)6-4-9/h3-6,11H,2,7-8,15H2,1H3. The monoisotopic (exact) mass is 249 g/mol. The van der Waals surface area contributed by atoms with E-state index in [-0.39, 0.29) is 11.9 Å². The summed E-state index contributed by atoms with van der Waals surface area (Å²) in [5, 5.41) is 3.88. The molecule has 0 aliphatic carbocycles. The Labute approximate surface area is 105 Å². The fraction of sp³-hybridized carbons (Fsp3) is 0.385. The van der Waals surface area contributed by atoms with Crippen molar-refractivity contribution in [3.63, 3.8) is 0 Å². The van der Waals surface area contributed by atoms with Crippen LogP contribution in [0.4, 0.5) is 4.39 Å². The normalized spacial score (nSPS) is 12.6. The Morgan fingerprint density at radius 1 is 1.33 bits per heavy atom. The Balaban J connectivity index is 2.00. The van der Waals surface area contributed by atoms with Gasteiger partial charge in [-0.25, -0.2) is 4.39 Å². The van der Waals surface area contributed by atoms with Crippen molar-refractivity contribution in [3.05, 3.63) is 47.4 Å². The molecule has 2 N–H and O–H groups in total. The van der Waals surface area contributed by atoms with E-state index in [4.69, 9.17) is 10.3 Å². The van der Waals surface area contributed by atoms with Crippen molar-refractivity contribution in [2.75, 3.05) is 0 Å². The number of nitrogens with zero attached hydrogens (tertiary/aromatic N) is 2.